The van der Waals surface area contributed by atoms with Gasteiger partial charge in [0.1, 0.15) is 12.1 Å². The summed E-state index contributed by atoms with van der Waals surface area (Å²) in [5.41, 5.74) is 1.34. The Labute approximate surface area is 139 Å². The normalized spacial score (nSPS) is 17.8. The van der Waals surface area contributed by atoms with Crippen LogP contribution in [0.15, 0.2) is 42.9 Å². The van der Waals surface area contributed by atoms with Crippen LogP contribution in [0.4, 0.5) is 5.82 Å². The summed E-state index contributed by atoms with van der Waals surface area (Å²) in [5, 5.41) is 11.5. The summed E-state index contributed by atoms with van der Waals surface area (Å²) in [6, 6.07) is 9.36. The van der Waals surface area contributed by atoms with Gasteiger partial charge in [0.2, 0.25) is 0 Å². The van der Waals surface area contributed by atoms with Gasteiger partial charge in [0.15, 0.2) is 5.65 Å². The second kappa shape index (κ2) is 6.37. The molecule has 3 aromatic rings. The van der Waals surface area contributed by atoms with Gasteiger partial charge in [-0.05, 0) is 31.5 Å². The highest BCUT2D eigenvalue weighted by Crippen LogP contribution is 2.24. The average Bonchev–Trinajstić information content (AvgIpc) is 3.08. The number of hydrogen-bond acceptors (Lipinski definition) is 5. The Morgan fingerprint density at radius 1 is 1.25 bits per heavy atom. The molecule has 1 atom stereocenters. The first-order valence-corrected chi connectivity index (χ1v) is 8.08. The molecule has 1 amide bonds. The molecule has 2 aromatic heterocycles. The Kier molecular flexibility index (Phi) is 3.92. The van der Waals surface area contributed by atoms with E-state index in [1.54, 1.807) is 18.3 Å². The number of piperidine rings is 1. The van der Waals surface area contributed by atoms with Crippen molar-refractivity contribution in [2.24, 2.45) is 0 Å². The first-order chi connectivity index (χ1) is 11.8. The fourth-order valence-corrected chi connectivity index (χ4v) is 3.04. The molecule has 1 fully saturated rings. The lowest BCUT2D eigenvalue weighted by atomic mass is 10.1. The summed E-state index contributed by atoms with van der Waals surface area (Å²) in [4.78, 5) is 20.9. The zero-order valence-corrected chi connectivity index (χ0v) is 13.1. The lowest BCUT2D eigenvalue weighted by Gasteiger charge is -2.23. The largest absolute Gasteiger partial charge is 0.315 e. The number of carbonyl (C=O) groups is 1. The minimum Gasteiger partial charge on any atom is -0.315 e. The molecule has 7 nitrogen and oxygen atoms in total. The van der Waals surface area contributed by atoms with Crippen LogP contribution in [0.5, 0.6) is 0 Å². The molecule has 0 radical (unpaired) electrons. The zero-order valence-electron chi connectivity index (χ0n) is 13.1. The van der Waals surface area contributed by atoms with E-state index in [2.05, 4.69) is 25.7 Å². The van der Waals surface area contributed by atoms with Crippen LogP contribution >= 0.6 is 0 Å². The first-order valence-electron chi connectivity index (χ1n) is 8.08. The maximum absolute atomic E-state index is 12.4. The monoisotopic (exact) mass is 322 g/mol. The standard InChI is InChI=1S/C17H18N6O/c24-17(12-5-2-1-3-6-12)22-15-14-10-21-23(16(14)20-11-19-15)13-7-4-8-18-9-13/h1-3,5-6,10-11,13,18H,4,7-9H2,(H,19,20,22,24)/t13-/m1/s1. The van der Waals surface area contributed by atoms with E-state index in [4.69, 9.17) is 0 Å². The predicted molar refractivity (Wildman–Crippen MR) is 90.9 cm³/mol. The molecule has 1 aliphatic rings. The second-order valence-corrected chi connectivity index (χ2v) is 5.87. The van der Waals surface area contributed by atoms with Crippen molar-refractivity contribution in [3.8, 4) is 0 Å². The number of aromatic nitrogens is 4. The van der Waals surface area contributed by atoms with Crippen LogP contribution in [0.2, 0.25) is 0 Å². The lowest BCUT2D eigenvalue weighted by Crippen LogP contribution is -2.32. The molecule has 0 bridgehead atoms. The zero-order chi connectivity index (χ0) is 16.4. The number of anilines is 1. The third-order valence-corrected chi connectivity index (χ3v) is 4.28. The number of hydrogen-bond donors (Lipinski definition) is 2. The van der Waals surface area contributed by atoms with Gasteiger partial charge in [-0.3, -0.25) is 4.79 Å². The van der Waals surface area contributed by atoms with Crippen LogP contribution in [0, 0.1) is 0 Å². The Hall–Kier alpha value is -2.80. The molecule has 3 heterocycles. The van der Waals surface area contributed by atoms with Crippen LogP contribution in [-0.4, -0.2) is 38.7 Å². The molecule has 0 aliphatic carbocycles. The third-order valence-electron chi connectivity index (χ3n) is 4.28. The van der Waals surface area contributed by atoms with Crippen LogP contribution in [0.3, 0.4) is 0 Å². The highest BCUT2D eigenvalue weighted by molar-refractivity contribution is 6.07. The minimum absolute atomic E-state index is 0.192. The fraction of sp³-hybridized carbons (Fsp3) is 0.294. The van der Waals surface area contributed by atoms with Gasteiger partial charge in [-0.2, -0.15) is 5.10 Å². The van der Waals surface area contributed by atoms with Crippen molar-refractivity contribution in [2.45, 2.75) is 18.9 Å². The molecule has 4 rings (SSSR count). The molecule has 122 valence electrons. The lowest BCUT2D eigenvalue weighted by molar-refractivity contribution is 0.102. The number of fused-ring (bicyclic) bond motifs is 1. The molecule has 7 heteroatoms. The number of benzene rings is 1. The highest BCUT2D eigenvalue weighted by atomic mass is 16.1. The first kappa shape index (κ1) is 14.8. The van der Waals surface area contributed by atoms with Gasteiger partial charge in [0.05, 0.1) is 17.6 Å². The topological polar surface area (TPSA) is 84.7 Å². The summed E-state index contributed by atoms with van der Waals surface area (Å²) in [6.07, 6.45) is 5.39. The number of carbonyl (C=O) groups excluding carboxylic acids is 1. The smallest absolute Gasteiger partial charge is 0.256 e. The van der Waals surface area contributed by atoms with Crippen LogP contribution in [-0.2, 0) is 0 Å². The maximum atomic E-state index is 12.4. The summed E-state index contributed by atoms with van der Waals surface area (Å²) < 4.78 is 1.93. The quantitative estimate of drug-likeness (QED) is 0.770. The van der Waals surface area contributed by atoms with Crippen LogP contribution in [0.1, 0.15) is 29.2 Å². The summed E-state index contributed by atoms with van der Waals surface area (Å²) in [7, 11) is 0. The van der Waals surface area contributed by atoms with E-state index in [1.165, 1.54) is 6.33 Å². The van der Waals surface area contributed by atoms with Crippen molar-refractivity contribution in [3.63, 3.8) is 0 Å². The van der Waals surface area contributed by atoms with Gasteiger partial charge in [-0.15, -0.1) is 0 Å². The maximum Gasteiger partial charge on any atom is 0.256 e. The molecule has 24 heavy (non-hydrogen) atoms. The van der Waals surface area contributed by atoms with Crippen molar-refractivity contribution < 1.29 is 4.79 Å². The Balaban J connectivity index is 1.65. The van der Waals surface area contributed by atoms with Crippen molar-refractivity contribution >= 4 is 22.8 Å². The Morgan fingerprint density at radius 2 is 2.12 bits per heavy atom. The molecular formula is C17H18N6O. The number of nitrogens with zero attached hydrogens (tertiary/aromatic N) is 4. The molecule has 0 spiro atoms. The molecular weight excluding hydrogens is 304 g/mol. The van der Waals surface area contributed by atoms with Gasteiger partial charge < -0.3 is 10.6 Å². The van der Waals surface area contributed by atoms with Crippen molar-refractivity contribution in [1.82, 2.24) is 25.1 Å². The highest BCUT2D eigenvalue weighted by Gasteiger charge is 2.20. The van der Waals surface area contributed by atoms with Gasteiger partial charge in [0.25, 0.3) is 5.91 Å². The van der Waals surface area contributed by atoms with Gasteiger partial charge in [-0.1, -0.05) is 18.2 Å². The fourth-order valence-electron chi connectivity index (χ4n) is 3.04. The molecule has 1 saturated heterocycles. The van der Waals surface area contributed by atoms with Gasteiger partial charge in [0, 0.05) is 12.1 Å². The SMILES string of the molecule is O=C(Nc1ncnc2c1cnn2[C@@H]1CCCNC1)c1ccccc1. The average molecular weight is 322 g/mol. The van der Waals surface area contributed by atoms with Crippen molar-refractivity contribution in [2.75, 3.05) is 18.4 Å². The van der Waals surface area contributed by atoms with Gasteiger partial charge >= 0.3 is 0 Å². The van der Waals surface area contributed by atoms with E-state index < -0.39 is 0 Å². The second-order valence-electron chi connectivity index (χ2n) is 5.87. The molecule has 0 saturated carbocycles. The predicted octanol–water partition coefficient (Wildman–Crippen LogP) is 2.00. The molecule has 1 aliphatic heterocycles. The van der Waals surface area contributed by atoms with E-state index in [-0.39, 0.29) is 11.9 Å². The van der Waals surface area contributed by atoms with Crippen molar-refractivity contribution in [1.29, 1.82) is 0 Å². The third kappa shape index (κ3) is 2.74. The van der Waals surface area contributed by atoms with E-state index in [0.717, 1.165) is 37.0 Å². The van der Waals surface area contributed by atoms with E-state index in [1.807, 2.05) is 22.9 Å². The van der Waals surface area contributed by atoms with Crippen LogP contribution in [0.25, 0.3) is 11.0 Å². The summed E-state index contributed by atoms with van der Waals surface area (Å²) in [6.45, 7) is 1.93. The molecule has 2 N–H and O–H groups in total. The number of nitrogens with one attached hydrogen (secondary N) is 2. The summed E-state index contributed by atoms with van der Waals surface area (Å²) >= 11 is 0. The van der Waals surface area contributed by atoms with E-state index >= 15 is 0 Å². The number of rotatable bonds is 3. The Bertz CT molecular complexity index is 854. The van der Waals surface area contributed by atoms with Gasteiger partial charge in [-0.25, -0.2) is 14.6 Å². The van der Waals surface area contributed by atoms with Crippen LogP contribution < -0.4 is 10.6 Å². The van der Waals surface area contributed by atoms with E-state index in [9.17, 15) is 4.79 Å². The number of amides is 1. The Morgan fingerprint density at radius 3 is 2.92 bits per heavy atom. The molecule has 1 aromatic carbocycles. The minimum atomic E-state index is -0.192. The van der Waals surface area contributed by atoms with Crippen molar-refractivity contribution in [3.05, 3.63) is 48.4 Å². The van der Waals surface area contributed by atoms with E-state index in [0.29, 0.717) is 11.4 Å². The molecule has 0 unspecified atom stereocenters. The summed E-state index contributed by atoms with van der Waals surface area (Å²) in [5.74, 6) is 0.298.